The molecular formula is C22H24N2O2S. The summed E-state index contributed by atoms with van der Waals surface area (Å²) in [6.45, 7) is 2.90. The minimum absolute atomic E-state index is 0.0176. The summed E-state index contributed by atoms with van der Waals surface area (Å²) < 4.78 is 7.70. The molecule has 1 saturated heterocycles. The van der Waals surface area contributed by atoms with Gasteiger partial charge in [-0.1, -0.05) is 54.2 Å². The van der Waals surface area contributed by atoms with Gasteiger partial charge in [-0.2, -0.15) is 0 Å². The molecule has 1 aliphatic heterocycles. The molecule has 2 aromatic carbocycles. The Morgan fingerprint density at radius 2 is 1.93 bits per heavy atom. The summed E-state index contributed by atoms with van der Waals surface area (Å²) in [4.78, 5) is 18.1. The number of hydrogen-bond donors (Lipinski definition) is 0. The molecule has 0 radical (unpaired) electrons. The van der Waals surface area contributed by atoms with Gasteiger partial charge in [-0.05, 0) is 43.9 Å². The fraction of sp³-hybridized carbons (Fsp3) is 0.364. The third kappa shape index (κ3) is 3.94. The lowest BCUT2D eigenvalue weighted by atomic mass is 10.1. The Balaban J connectivity index is 1.74. The van der Waals surface area contributed by atoms with Crippen molar-refractivity contribution < 1.29 is 4.74 Å². The van der Waals surface area contributed by atoms with E-state index >= 15 is 0 Å². The Morgan fingerprint density at radius 1 is 1.15 bits per heavy atom. The third-order valence-corrected chi connectivity index (χ3v) is 6.20. The van der Waals surface area contributed by atoms with Crippen LogP contribution in [0.5, 0.6) is 0 Å². The second kappa shape index (κ2) is 8.28. The molecule has 0 aliphatic carbocycles. The van der Waals surface area contributed by atoms with Crippen LogP contribution >= 0.6 is 11.8 Å². The van der Waals surface area contributed by atoms with E-state index in [1.807, 2.05) is 47.0 Å². The second-order valence-corrected chi connectivity index (χ2v) is 7.96. The molecule has 0 saturated carbocycles. The van der Waals surface area contributed by atoms with Crippen molar-refractivity contribution in [3.63, 3.8) is 0 Å². The zero-order chi connectivity index (χ0) is 18.6. The van der Waals surface area contributed by atoms with Crippen molar-refractivity contribution in [2.75, 3.05) is 12.4 Å². The van der Waals surface area contributed by atoms with Gasteiger partial charge in [0.2, 0.25) is 0 Å². The molecule has 27 heavy (non-hydrogen) atoms. The first-order chi connectivity index (χ1) is 13.2. The predicted octanol–water partition coefficient (Wildman–Crippen LogP) is 4.67. The molecular weight excluding hydrogens is 356 g/mol. The molecule has 2 heterocycles. The van der Waals surface area contributed by atoms with Crippen LogP contribution in [0.4, 0.5) is 0 Å². The lowest BCUT2D eigenvalue weighted by Crippen LogP contribution is -2.28. The summed E-state index contributed by atoms with van der Waals surface area (Å²) in [5.74, 6) is 0.826. The van der Waals surface area contributed by atoms with Gasteiger partial charge >= 0.3 is 0 Å². The molecule has 0 bridgehead atoms. The Morgan fingerprint density at radius 3 is 2.70 bits per heavy atom. The molecule has 0 unspecified atom stereocenters. The minimum Gasteiger partial charge on any atom is -0.377 e. The lowest BCUT2D eigenvalue weighted by molar-refractivity contribution is 0.0315. The van der Waals surface area contributed by atoms with Crippen molar-refractivity contribution in [1.82, 2.24) is 9.55 Å². The highest BCUT2D eigenvalue weighted by Gasteiger charge is 2.20. The van der Waals surface area contributed by atoms with Gasteiger partial charge in [-0.15, -0.1) is 0 Å². The van der Waals surface area contributed by atoms with Crippen molar-refractivity contribution in [2.24, 2.45) is 0 Å². The van der Waals surface area contributed by atoms with Crippen LogP contribution in [0.25, 0.3) is 10.9 Å². The van der Waals surface area contributed by atoms with Gasteiger partial charge in [-0.25, -0.2) is 4.98 Å². The molecule has 4 rings (SSSR count). The molecule has 3 aromatic rings. The fourth-order valence-electron chi connectivity index (χ4n) is 3.56. The SMILES string of the molecule is C[C@H](c1ccccc1)n1c(SC[C@H]2CCCCO2)nc2ccccc2c1=O. The van der Waals surface area contributed by atoms with Crippen LogP contribution in [0, 0.1) is 0 Å². The first-order valence-electron chi connectivity index (χ1n) is 9.54. The van der Waals surface area contributed by atoms with Crippen LogP contribution in [-0.4, -0.2) is 28.0 Å². The zero-order valence-electron chi connectivity index (χ0n) is 15.5. The van der Waals surface area contributed by atoms with E-state index in [2.05, 4.69) is 19.1 Å². The van der Waals surface area contributed by atoms with Crippen LogP contribution < -0.4 is 5.56 Å². The van der Waals surface area contributed by atoms with Crippen molar-refractivity contribution >= 4 is 22.7 Å². The molecule has 1 fully saturated rings. The number of ether oxygens (including phenoxy) is 1. The number of aromatic nitrogens is 2. The first kappa shape index (κ1) is 18.3. The van der Waals surface area contributed by atoms with Gasteiger partial charge in [0.25, 0.3) is 5.56 Å². The van der Waals surface area contributed by atoms with E-state index in [1.54, 1.807) is 11.8 Å². The van der Waals surface area contributed by atoms with Crippen LogP contribution in [0.3, 0.4) is 0 Å². The summed E-state index contributed by atoms with van der Waals surface area (Å²) in [5.41, 5.74) is 1.88. The quantitative estimate of drug-likeness (QED) is 0.477. The molecule has 0 N–H and O–H groups in total. The van der Waals surface area contributed by atoms with Crippen molar-refractivity contribution in [1.29, 1.82) is 0 Å². The number of nitrogens with zero attached hydrogens (tertiary/aromatic N) is 2. The van der Waals surface area contributed by atoms with Crippen molar-refractivity contribution in [3.8, 4) is 0 Å². The maximum atomic E-state index is 13.3. The highest BCUT2D eigenvalue weighted by atomic mass is 32.2. The molecule has 140 valence electrons. The fourth-order valence-corrected chi connectivity index (χ4v) is 4.70. The van der Waals surface area contributed by atoms with E-state index < -0.39 is 0 Å². The van der Waals surface area contributed by atoms with E-state index in [0.717, 1.165) is 41.4 Å². The summed E-state index contributed by atoms with van der Waals surface area (Å²) in [6.07, 6.45) is 3.68. The maximum absolute atomic E-state index is 13.3. The van der Waals surface area contributed by atoms with Crippen LogP contribution in [-0.2, 0) is 4.74 Å². The normalized spacial score (nSPS) is 18.5. The molecule has 1 aromatic heterocycles. The summed E-state index contributed by atoms with van der Waals surface area (Å²) >= 11 is 1.63. The molecule has 5 heteroatoms. The molecule has 0 amide bonds. The average Bonchev–Trinajstić information content (AvgIpc) is 2.73. The van der Waals surface area contributed by atoms with Gasteiger partial charge in [0.15, 0.2) is 5.16 Å². The van der Waals surface area contributed by atoms with Gasteiger partial charge < -0.3 is 4.74 Å². The largest absolute Gasteiger partial charge is 0.377 e. The molecule has 2 atom stereocenters. The minimum atomic E-state index is -0.0782. The van der Waals surface area contributed by atoms with Crippen molar-refractivity contribution in [2.45, 2.75) is 43.5 Å². The van der Waals surface area contributed by atoms with E-state index in [-0.39, 0.29) is 17.7 Å². The number of benzene rings is 2. The van der Waals surface area contributed by atoms with E-state index in [1.165, 1.54) is 6.42 Å². The van der Waals surface area contributed by atoms with Crippen molar-refractivity contribution in [3.05, 3.63) is 70.5 Å². The molecule has 1 aliphatic rings. The standard InChI is InChI=1S/C22H24N2O2S/c1-16(17-9-3-2-4-10-17)24-21(25)19-12-5-6-13-20(19)23-22(24)27-15-18-11-7-8-14-26-18/h2-6,9-10,12-13,16,18H,7-8,11,14-15H2,1H3/t16-,18-/m1/s1. The Kier molecular flexibility index (Phi) is 5.60. The van der Waals surface area contributed by atoms with E-state index in [4.69, 9.17) is 9.72 Å². The molecule has 4 nitrogen and oxygen atoms in total. The Labute approximate surface area is 163 Å². The van der Waals surface area contributed by atoms with Gasteiger partial charge in [0, 0.05) is 12.4 Å². The third-order valence-electron chi connectivity index (χ3n) is 5.12. The highest BCUT2D eigenvalue weighted by molar-refractivity contribution is 7.99. The number of fused-ring (bicyclic) bond motifs is 1. The van der Waals surface area contributed by atoms with Crippen LogP contribution in [0.1, 0.15) is 37.8 Å². The smallest absolute Gasteiger partial charge is 0.262 e. The zero-order valence-corrected chi connectivity index (χ0v) is 16.3. The average molecular weight is 381 g/mol. The second-order valence-electron chi connectivity index (χ2n) is 6.97. The number of thioether (sulfide) groups is 1. The topological polar surface area (TPSA) is 44.1 Å². The highest BCUT2D eigenvalue weighted by Crippen LogP contribution is 2.27. The van der Waals surface area contributed by atoms with E-state index in [0.29, 0.717) is 5.39 Å². The Bertz CT molecular complexity index is 965. The van der Waals surface area contributed by atoms with Gasteiger partial charge in [-0.3, -0.25) is 9.36 Å². The number of para-hydroxylation sites is 1. The van der Waals surface area contributed by atoms with Gasteiger partial charge in [0.05, 0.1) is 23.0 Å². The predicted molar refractivity (Wildman–Crippen MR) is 111 cm³/mol. The summed E-state index contributed by atoms with van der Waals surface area (Å²) in [7, 11) is 0. The van der Waals surface area contributed by atoms with Gasteiger partial charge in [0.1, 0.15) is 0 Å². The van der Waals surface area contributed by atoms with Crippen LogP contribution in [0.15, 0.2) is 64.5 Å². The summed E-state index contributed by atoms with van der Waals surface area (Å²) in [5, 5.41) is 1.43. The number of hydrogen-bond acceptors (Lipinski definition) is 4. The van der Waals surface area contributed by atoms with Crippen LogP contribution in [0.2, 0.25) is 0 Å². The maximum Gasteiger partial charge on any atom is 0.262 e. The molecule has 0 spiro atoms. The number of rotatable bonds is 5. The Hall–Kier alpha value is -2.11. The van der Waals surface area contributed by atoms with E-state index in [9.17, 15) is 4.79 Å². The first-order valence-corrected chi connectivity index (χ1v) is 10.5. The summed E-state index contributed by atoms with van der Waals surface area (Å²) in [6, 6.07) is 17.6. The monoisotopic (exact) mass is 380 g/mol. The lowest BCUT2D eigenvalue weighted by Gasteiger charge is -2.24.